The zero-order valence-corrected chi connectivity index (χ0v) is 6.91. The number of methoxy groups -OCH3 is 1. The summed E-state index contributed by atoms with van der Waals surface area (Å²) in [6, 6.07) is 7.04. The predicted octanol–water partition coefficient (Wildman–Crippen LogP) is 0.837. The highest BCUT2D eigenvalue weighted by Crippen LogP contribution is 2.16. The second-order valence-electron chi connectivity index (χ2n) is 2.33. The van der Waals surface area contributed by atoms with Gasteiger partial charge in [0, 0.05) is 0 Å². The molecule has 3 nitrogen and oxygen atoms in total. The summed E-state index contributed by atoms with van der Waals surface area (Å²) in [5.74, 6) is 0.473. The third-order valence-electron chi connectivity index (χ3n) is 1.59. The smallest absolute Gasteiger partial charge is 0.180 e. The Balaban J connectivity index is 3.04. The van der Waals surface area contributed by atoms with E-state index in [1.807, 2.05) is 6.07 Å². The number of Topliss-reactive ketones (excluding diaryl/α,β-unsaturated/α-hetero) is 1. The van der Waals surface area contributed by atoms with Crippen molar-refractivity contribution >= 4 is 5.78 Å². The fourth-order valence-corrected chi connectivity index (χ4v) is 0.985. The molecule has 0 aliphatic carbocycles. The van der Waals surface area contributed by atoms with Crippen LogP contribution in [0, 0.1) is 0 Å². The average Bonchev–Trinajstić information content (AvgIpc) is 2.16. The fourth-order valence-electron chi connectivity index (χ4n) is 0.985. The molecule has 2 N–H and O–H groups in total. The maximum Gasteiger partial charge on any atom is 0.180 e. The van der Waals surface area contributed by atoms with Crippen LogP contribution in [-0.2, 0) is 0 Å². The van der Waals surface area contributed by atoms with Crippen molar-refractivity contribution in [1.29, 1.82) is 0 Å². The number of ketones is 1. The Morgan fingerprint density at radius 1 is 1.50 bits per heavy atom. The monoisotopic (exact) mass is 165 g/mol. The number of nitrogens with two attached hydrogens (primary N) is 1. The van der Waals surface area contributed by atoms with Crippen molar-refractivity contribution < 1.29 is 9.53 Å². The molecule has 0 unspecified atom stereocenters. The summed E-state index contributed by atoms with van der Waals surface area (Å²) >= 11 is 0. The van der Waals surface area contributed by atoms with Gasteiger partial charge in [0.05, 0.1) is 19.2 Å². The molecule has 0 saturated carbocycles. The van der Waals surface area contributed by atoms with Crippen LogP contribution >= 0.6 is 0 Å². The van der Waals surface area contributed by atoms with Gasteiger partial charge in [-0.25, -0.2) is 0 Å². The Labute approximate surface area is 71.1 Å². The second kappa shape index (κ2) is 3.88. The molecular weight excluding hydrogens is 154 g/mol. The molecule has 0 fully saturated rings. The van der Waals surface area contributed by atoms with E-state index < -0.39 is 0 Å². The van der Waals surface area contributed by atoms with Gasteiger partial charge in [0.15, 0.2) is 5.78 Å². The van der Waals surface area contributed by atoms with Crippen molar-refractivity contribution in [3.63, 3.8) is 0 Å². The molecule has 64 valence electrons. The van der Waals surface area contributed by atoms with Crippen LogP contribution in [0.4, 0.5) is 0 Å². The average molecular weight is 165 g/mol. The third-order valence-corrected chi connectivity index (χ3v) is 1.59. The first-order valence-corrected chi connectivity index (χ1v) is 3.66. The number of ether oxygens (including phenoxy) is 1. The molecule has 0 aliphatic heterocycles. The number of rotatable bonds is 3. The van der Waals surface area contributed by atoms with Gasteiger partial charge in [0.2, 0.25) is 0 Å². The van der Waals surface area contributed by atoms with Crippen molar-refractivity contribution in [1.82, 2.24) is 0 Å². The predicted molar refractivity (Wildman–Crippen MR) is 46.4 cm³/mol. The summed E-state index contributed by atoms with van der Waals surface area (Å²) in [4.78, 5) is 11.2. The first-order chi connectivity index (χ1) is 5.79. The van der Waals surface area contributed by atoms with Crippen LogP contribution in [-0.4, -0.2) is 19.4 Å². The van der Waals surface area contributed by atoms with E-state index >= 15 is 0 Å². The minimum absolute atomic E-state index is 0.0143. The van der Waals surface area contributed by atoms with Crippen LogP contribution in [0.25, 0.3) is 0 Å². The summed E-state index contributed by atoms with van der Waals surface area (Å²) in [5.41, 5.74) is 5.77. The van der Waals surface area contributed by atoms with Crippen molar-refractivity contribution in [2.75, 3.05) is 13.7 Å². The first kappa shape index (κ1) is 8.74. The zero-order valence-electron chi connectivity index (χ0n) is 6.91. The summed E-state index contributed by atoms with van der Waals surface area (Å²) in [6.07, 6.45) is 0. The number of carbonyl (C=O) groups is 1. The van der Waals surface area contributed by atoms with Crippen molar-refractivity contribution in [3.05, 3.63) is 29.8 Å². The first-order valence-electron chi connectivity index (χ1n) is 3.66. The maximum atomic E-state index is 11.2. The van der Waals surface area contributed by atoms with Gasteiger partial charge < -0.3 is 10.5 Å². The molecule has 1 aromatic rings. The molecule has 12 heavy (non-hydrogen) atoms. The van der Waals surface area contributed by atoms with E-state index in [0.29, 0.717) is 11.3 Å². The van der Waals surface area contributed by atoms with Gasteiger partial charge in [-0.3, -0.25) is 4.79 Å². The normalized spacial score (nSPS) is 9.50. The van der Waals surface area contributed by atoms with Gasteiger partial charge >= 0.3 is 0 Å². The topological polar surface area (TPSA) is 52.3 Å². The largest absolute Gasteiger partial charge is 0.496 e. The number of carbonyl (C=O) groups excluding carboxylic acids is 1. The Hall–Kier alpha value is -1.35. The van der Waals surface area contributed by atoms with E-state index in [1.165, 1.54) is 7.11 Å². The highest BCUT2D eigenvalue weighted by Gasteiger charge is 2.08. The molecule has 0 spiro atoms. The van der Waals surface area contributed by atoms with Crippen LogP contribution in [0.2, 0.25) is 0 Å². The molecule has 0 atom stereocenters. The van der Waals surface area contributed by atoms with Crippen LogP contribution in [0.15, 0.2) is 24.3 Å². The number of para-hydroxylation sites is 1. The summed E-state index contributed by atoms with van der Waals surface area (Å²) in [6.45, 7) is 0.0143. The van der Waals surface area contributed by atoms with E-state index in [2.05, 4.69) is 0 Å². The van der Waals surface area contributed by atoms with Crippen molar-refractivity contribution in [2.24, 2.45) is 5.73 Å². The molecule has 0 aliphatic rings. The standard InChI is InChI=1S/C9H11NO2/c1-12-9-5-3-2-4-7(9)8(11)6-10/h2-5H,6,10H2,1H3. The molecule has 0 heterocycles. The minimum Gasteiger partial charge on any atom is -0.496 e. The number of hydrogen-bond donors (Lipinski definition) is 1. The van der Waals surface area contributed by atoms with Gasteiger partial charge in [-0.05, 0) is 12.1 Å². The lowest BCUT2D eigenvalue weighted by molar-refractivity contribution is 0.0998. The van der Waals surface area contributed by atoms with Crippen LogP contribution < -0.4 is 10.5 Å². The van der Waals surface area contributed by atoms with E-state index in [-0.39, 0.29) is 12.3 Å². The van der Waals surface area contributed by atoms with E-state index in [0.717, 1.165) is 0 Å². The van der Waals surface area contributed by atoms with Gasteiger partial charge in [-0.2, -0.15) is 0 Å². The lowest BCUT2D eigenvalue weighted by atomic mass is 10.1. The quantitative estimate of drug-likeness (QED) is 0.675. The molecule has 1 rings (SSSR count). The van der Waals surface area contributed by atoms with Crippen LogP contribution in [0.5, 0.6) is 5.75 Å². The van der Waals surface area contributed by atoms with Gasteiger partial charge in [-0.1, -0.05) is 12.1 Å². The summed E-state index contributed by atoms with van der Waals surface area (Å²) in [7, 11) is 1.53. The highest BCUT2D eigenvalue weighted by molar-refractivity contribution is 5.99. The molecule has 1 aromatic carbocycles. The molecule has 3 heteroatoms. The minimum atomic E-state index is -0.104. The van der Waals surface area contributed by atoms with Gasteiger partial charge in [-0.15, -0.1) is 0 Å². The molecule has 0 amide bonds. The fraction of sp³-hybridized carbons (Fsp3) is 0.222. The number of hydrogen-bond acceptors (Lipinski definition) is 3. The third kappa shape index (κ3) is 1.62. The van der Waals surface area contributed by atoms with Crippen molar-refractivity contribution in [2.45, 2.75) is 0 Å². The van der Waals surface area contributed by atoms with E-state index in [9.17, 15) is 4.79 Å². The molecule has 0 bridgehead atoms. The van der Waals surface area contributed by atoms with E-state index in [1.54, 1.807) is 18.2 Å². The lowest BCUT2D eigenvalue weighted by Gasteiger charge is -2.04. The Morgan fingerprint density at radius 3 is 2.75 bits per heavy atom. The van der Waals surface area contributed by atoms with E-state index in [4.69, 9.17) is 10.5 Å². The second-order valence-corrected chi connectivity index (χ2v) is 2.33. The Kier molecular flexibility index (Phi) is 2.82. The van der Waals surface area contributed by atoms with Gasteiger partial charge in [0.25, 0.3) is 0 Å². The summed E-state index contributed by atoms with van der Waals surface area (Å²) in [5, 5.41) is 0. The molecule has 0 saturated heterocycles. The lowest BCUT2D eigenvalue weighted by Crippen LogP contribution is -2.14. The number of benzene rings is 1. The Morgan fingerprint density at radius 2 is 2.17 bits per heavy atom. The Bertz CT molecular complexity index is 284. The molecule has 0 radical (unpaired) electrons. The summed E-state index contributed by atoms with van der Waals surface area (Å²) < 4.78 is 4.99. The van der Waals surface area contributed by atoms with Crippen LogP contribution in [0.3, 0.4) is 0 Å². The molecule has 0 aromatic heterocycles. The van der Waals surface area contributed by atoms with Gasteiger partial charge in [0.1, 0.15) is 5.75 Å². The highest BCUT2D eigenvalue weighted by atomic mass is 16.5. The molecular formula is C9H11NO2. The maximum absolute atomic E-state index is 11.2. The zero-order chi connectivity index (χ0) is 8.97. The van der Waals surface area contributed by atoms with Crippen molar-refractivity contribution in [3.8, 4) is 5.75 Å². The van der Waals surface area contributed by atoms with Crippen LogP contribution in [0.1, 0.15) is 10.4 Å². The SMILES string of the molecule is COc1ccccc1C(=O)CN.